The second-order valence-corrected chi connectivity index (χ2v) is 6.15. The lowest BCUT2D eigenvalue weighted by Gasteiger charge is -2.36. The van der Waals surface area contributed by atoms with Gasteiger partial charge in [-0.25, -0.2) is 4.98 Å². The van der Waals surface area contributed by atoms with Gasteiger partial charge in [0, 0.05) is 19.5 Å². The molecule has 1 aromatic heterocycles. The van der Waals surface area contributed by atoms with E-state index in [4.69, 9.17) is 0 Å². The Hall–Kier alpha value is -2.38. The average molecular weight is 353 g/mol. The van der Waals surface area contributed by atoms with Crippen LogP contribution in [0.2, 0.25) is 0 Å². The highest BCUT2D eigenvalue weighted by Gasteiger charge is 2.45. The largest absolute Gasteiger partial charge is 0.408 e. The lowest BCUT2D eigenvalue weighted by atomic mass is 10.0. The standard InChI is InChI=1S/C17H18F3N3O2/c18-17(19,20)14-7-3-4-9-23(14)15(24)8-10-22-11-21-13-6-2-1-5-12(13)16(22)25/h1-2,5-6,11,14H,3-4,7-10H2. The van der Waals surface area contributed by atoms with Crippen molar-refractivity contribution in [3.8, 4) is 0 Å². The van der Waals surface area contributed by atoms with Gasteiger partial charge in [0.2, 0.25) is 5.91 Å². The molecule has 1 atom stereocenters. The fraction of sp³-hybridized carbons (Fsp3) is 0.471. The molecule has 0 aliphatic carbocycles. The molecule has 1 aliphatic rings. The average Bonchev–Trinajstić information content (AvgIpc) is 2.60. The summed E-state index contributed by atoms with van der Waals surface area (Å²) in [5.74, 6) is -0.581. The molecule has 1 aromatic carbocycles. The number of hydrogen-bond acceptors (Lipinski definition) is 3. The fourth-order valence-corrected chi connectivity index (χ4v) is 3.20. The molecule has 2 heterocycles. The summed E-state index contributed by atoms with van der Waals surface area (Å²) in [6.45, 7) is 0.116. The van der Waals surface area contributed by atoms with Crippen molar-refractivity contribution in [2.75, 3.05) is 6.54 Å². The molecule has 0 bridgehead atoms. The van der Waals surface area contributed by atoms with Crippen LogP contribution in [-0.4, -0.2) is 39.1 Å². The quantitative estimate of drug-likeness (QED) is 0.853. The van der Waals surface area contributed by atoms with E-state index < -0.39 is 18.1 Å². The molecule has 8 heteroatoms. The smallest absolute Gasteiger partial charge is 0.331 e. The number of benzene rings is 1. The molecule has 0 spiro atoms. The first kappa shape index (κ1) is 17.4. The summed E-state index contributed by atoms with van der Waals surface area (Å²) >= 11 is 0. The topological polar surface area (TPSA) is 55.2 Å². The minimum Gasteiger partial charge on any atom is -0.331 e. The number of rotatable bonds is 3. The maximum atomic E-state index is 13.1. The van der Waals surface area contributed by atoms with Crippen molar-refractivity contribution in [3.63, 3.8) is 0 Å². The van der Waals surface area contributed by atoms with Gasteiger partial charge in [0.15, 0.2) is 0 Å². The van der Waals surface area contributed by atoms with Gasteiger partial charge < -0.3 is 4.90 Å². The molecule has 1 saturated heterocycles. The summed E-state index contributed by atoms with van der Waals surface area (Å²) in [6, 6.07) is 5.08. The SMILES string of the molecule is O=C(CCn1cnc2ccccc2c1=O)N1CCCCC1C(F)(F)F. The van der Waals surface area contributed by atoms with E-state index in [9.17, 15) is 22.8 Å². The Bertz CT molecular complexity index is 832. The number of likely N-dealkylation sites (tertiary alicyclic amines) is 1. The minimum atomic E-state index is -4.42. The molecule has 1 aliphatic heterocycles. The van der Waals surface area contributed by atoms with E-state index in [1.54, 1.807) is 24.3 Å². The Morgan fingerprint density at radius 3 is 2.76 bits per heavy atom. The number of fused-ring (bicyclic) bond motifs is 1. The minimum absolute atomic E-state index is 0.0105. The van der Waals surface area contributed by atoms with Crippen LogP contribution in [0.15, 0.2) is 35.4 Å². The lowest BCUT2D eigenvalue weighted by molar-refractivity contribution is -0.196. The van der Waals surface area contributed by atoms with Crippen molar-refractivity contribution in [2.24, 2.45) is 0 Å². The van der Waals surface area contributed by atoms with Crippen LogP contribution in [-0.2, 0) is 11.3 Å². The number of alkyl halides is 3. The van der Waals surface area contributed by atoms with E-state index in [2.05, 4.69) is 4.98 Å². The van der Waals surface area contributed by atoms with E-state index >= 15 is 0 Å². The summed E-state index contributed by atoms with van der Waals surface area (Å²) in [4.78, 5) is 29.7. The highest BCUT2D eigenvalue weighted by atomic mass is 19.4. The first-order valence-electron chi connectivity index (χ1n) is 8.18. The van der Waals surface area contributed by atoms with Crippen LogP contribution in [0.3, 0.4) is 0 Å². The van der Waals surface area contributed by atoms with Gasteiger partial charge in [0.25, 0.3) is 5.56 Å². The van der Waals surface area contributed by atoms with Gasteiger partial charge in [-0.05, 0) is 31.4 Å². The molecule has 134 valence electrons. The third-order valence-corrected chi connectivity index (χ3v) is 4.50. The zero-order valence-corrected chi connectivity index (χ0v) is 13.5. The summed E-state index contributed by atoms with van der Waals surface area (Å²) in [6.07, 6.45) is -2.29. The number of aryl methyl sites for hydroxylation is 1. The number of carbonyl (C=O) groups is 1. The highest BCUT2D eigenvalue weighted by Crippen LogP contribution is 2.32. The van der Waals surface area contributed by atoms with E-state index in [0.29, 0.717) is 23.7 Å². The molecule has 3 rings (SSSR count). The van der Waals surface area contributed by atoms with Gasteiger partial charge >= 0.3 is 6.18 Å². The molecule has 5 nitrogen and oxygen atoms in total. The zero-order chi connectivity index (χ0) is 18.0. The van der Waals surface area contributed by atoms with E-state index in [-0.39, 0.29) is 31.5 Å². The first-order chi connectivity index (χ1) is 11.9. The molecule has 1 unspecified atom stereocenters. The Morgan fingerprint density at radius 2 is 2.00 bits per heavy atom. The number of carbonyl (C=O) groups excluding carboxylic acids is 1. The van der Waals surface area contributed by atoms with Crippen molar-refractivity contribution < 1.29 is 18.0 Å². The number of piperidine rings is 1. The number of hydrogen-bond donors (Lipinski definition) is 0. The maximum absolute atomic E-state index is 13.1. The highest BCUT2D eigenvalue weighted by molar-refractivity contribution is 5.78. The van der Waals surface area contributed by atoms with Crippen LogP contribution < -0.4 is 5.56 Å². The van der Waals surface area contributed by atoms with Crippen LogP contribution in [0, 0.1) is 0 Å². The van der Waals surface area contributed by atoms with E-state index in [1.807, 2.05) is 0 Å². The number of aromatic nitrogens is 2. The van der Waals surface area contributed by atoms with Crippen molar-refractivity contribution in [1.82, 2.24) is 14.5 Å². The number of para-hydroxylation sites is 1. The Labute approximate surface area is 142 Å². The van der Waals surface area contributed by atoms with Crippen LogP contribution in [0.4, 0.5) is 13.2 Å². The molecular weight excluding hydrogens is 335 g/mol. The van der Waals surface area contributed by atoms with Crippen molar-refractivity contribution in [2.45, 2.75) is 44.4 Å². The van der Waals surface area contributed by atoms with Gasteiger partial charge in [0.1, 0.15) is 6.04 Å². The normalized spacial score (nSPS) is 18.5. The van der Waals surface area contributed by atoms with Crippen LogP contribution in [0.25, 0.3) is 10.9 Å². The Kier molecular flexibility index (Phi) is 4.78. The second kappa shape index (κ2) is 6.85. The van der Waals surface area contributed by atoms with Crippen LogP contribution >= 0.6 is 0 Å². The van der Waals surface area contributed by atoms with Gasteiger partial charge in [-0.15, -0.1) is 0 Å². The molecule has 0 N–H and O–H groups in total. The predicted octanol–water partition coefficient (Wildman–Crippen LogP) is 2.73. The zero-order valence-electron chi connectivity index (χ0n) is 13.5. The number of amides is 1. The van der Waals surface area contributed by atoms with Gasteiger partial charge in [-0.1, -0.05) is 12.1 Å². The first-order valence-corrected chi connectivity index (χ1v) is 8.18. The van der Waals surface area contributed by atoms with Crippen molar-refractivity contribution in [3.05, 3.63) is 40.9 Å². The van der Waals surface area contributed by atoms with Crippen molar-refractivity contribution >= 4 is 16.8 Å². The van der Waals surface area contributed by atoms with E-state index in [1.165, 1.54) is 10.9 Å². The second-order valence-electron chi connectivity index (χ2n) is 6.15. The number of nitrogens with zero attached hydrogens (tertiary/aromatic N) is 3. The summed E-state index contributed by atoms with van der Waals surface area (Å²) in [7, 11) is 0. The molecular formula is C17H18F3N3O2. The van der Waals surface area contributed by atoms with Crippen molar-refractivity contribution in [1.29, 1.82) is 0 Å². The Morgan fingerprint density at radius 1 is 1.24 bits per heavy atom. The summed E-state index contributed by atoms with van der Waals surface area (Å²) in [5, 5.41) is 0.420. The fourth-order valence-electron chi connectivity index (χ4n) is 3.20. The molecule has 0 radical (unpaired) electrons. The third-order valence-electron chi connectivity index (χ3n) is 4.50. The van der Waals surface area contributed by atoms with Gasteiger partial charge in [0.05, 0.1) is 17.2 Å². The molecule has 0 saturated carbocycles. The monoisotopic (exact) mass is 353 g/mol. The van der Waals surface area contributed by atoms with Gasteiger partial charge in [-0.3, -0.25) is 14.2 Å². The van der Waals surface area contributed by atoms with E-state index in [0.717, 1.165) is 4.90 Å². The number of halogens is 3. The maximum Gasteiger partial charge on any atom is 0.408 e. The summed E-state index contributed by atoms with van der Waals surface area (Å²) < 4.78 is 40.6. The van der Waals surface area contributed by atoms with Crippen LogP contribution in [0.5, 0.6) is 0 Å². The molecule has 25 heavy (non-hydrogen) atoms. The predicted molar refractivity (Wildman–Crippen MR) is 86.0 cm³/mol. The van der Waals surface area contributed by atoms with Crippen LogP contribution in [0.1, 0.15) is 25.7 Å². The lowest BCUT2D eigenvalue weighted by Crippen LogP contribution is -2.51. The molecule has 1 amide bonds. The van der Waals surface area contributed by atoms with Gasteiger partial charge in [-0.2, -0.15) is 13.2 Å². The molecule has 1 fully saturated rings. The summed E-state index contributed by atoms with van der Waals surface area (Å²) in [5.41, 5.74) is 0.243. The molecule has 2 aromatic rings. The third kappa shape index (κ3) is 3.67. The Balaban J connectivity index is 1.74.